The van der Waals surface area contributed by atoms with Gasteiger partial charge in [0.25, 0.3) is 5.91 Å². The zero-order valence-corrected chi connectivity index (χ0v) is 16.5. The minimum Gasteiger partial charge on any atom is -0.348 e. The number of carbonyl (C=O) groups is 3. The van der Waals surface area contributed by atoms with Crippen molar-refractivity contribution in [2.75, 3.05) is 5.32 Å². The Kier molecular flexibility index (Phi) is 6.89. The monoisotopic (exact) mass is 402 g/mol. The first-order valence-corrected chi connectivity index (χ1v) is 9.45. The number of hydrogen-bond donors (Lipinski definition) is 3. The highest BCUT2D eigenvalue weighted by atomic mass is 16.2. The van der Waals surface area contributed by atoms with Crippen LogP contribution in [0.3, 0.4) is 0 Å². The van der Waals surface area contributed by atoms with Crippen LogP contribution in [-0.4, -0.2) is 22.7 Å². The third-order valence-corrected chi connectivity index (χ3v) is 4.32. The van der Waals surface area contributed by atoms with Gasteiger partial charge in [-0.1, -0.05) is 48.0 Å². The molecule has 0 saturated heterocycles. The van der Waals surface area contributed by atoms with E-state index in [2.05, 4.69) is 20.9 Å². The number of benzene rings is 2. The lowest BCUT2D eigenvalue weighted by molar-refractivity contribution is -0.136. The maximum Gasteiger partial charge on any atom is 0.313 e. The van der Waals surface area contributed by atoms with Crippen LogP contribution in [-0.2, 0) is 22.7 Å². The Morgan fingerprint density at radius 1 is 0.833 bits per heavy atom. The maximum absolute atomic E-state index is 12.6. The average Bonchev–Trinajstić information content (AvgIpc) is 2.77. The second-order valence-electron chi connectivity index (χ2n) is 6.68. The van der Waals surface area contributed by atoms with Gasteiger partial charge in [0, 0.05) is 12.7 Å². The van der Waals surface area contributed by atoms with Gasteiger partial charge in [0.2, 0.25) is 0 Å². The van der Waals surface area contributed by atoms with Crippen LogP contribution >= 0.6 is 0 Å². The fourth-order valence-corrected chi connectivity index (χ4v) is 2.82. The van der Waals surface area contributed by atoms with Gasteiger partial charge in [-0.2, -0.15) is 0 Å². The summed E-state index contributed by atoms with van der Waals surface area (Å²) >= 11 is 0. The lowest BCUT2D eigenvalue weighted by Gasteiger charge is -2.12. The number of para-hydroxylation sites is 1. The molecule has 1 aromatic heterocycles. The van der Waals surface area contributed by atoms with Crippen molar-refractivity contribution in [1.82, 2.24) is 15.6 Å². The molecule has 0 aliphatic carbocycles. The minimum atomic E-state index is -0.857. The summed E-state index contributed by atoms with van der Waals surface area (Å²) in [6.45, 7) is 2.47. The number of carbonyl (C=O) groups excluding carboxylic acids is 3. The zero-order valence-electron chi connectivity index (χ0n) is 16.5. The van der Waals surface area contributed by atoms with Crippen molar-refractivity contribution in [3.8, 4) is 0 Å². The van der Waals surface area contributed by atoms with E-state index in [1.165, 1.54) is 0 Å². The molecule has 30 heavy (non-hydrogen) atoms. The number of aryl methyl sites for hydroxylation is 1. The van der Waals surface area contributed by atoms with E-state index in [0.29, 0.717) is 12.2 Å². The van der Waals surface area contributed by atoms with Gasteiger partial charge < -0.3 is 16.0 Å². The molecule has 3 rings (SSSR count). The largest absolute Gasteiger partial charge is 0.348 e. The quantitative estimate of drug-likeness (QED) is 0.552. The summed E-state index contributed by atoms with van der Waals surface area (Å²) in [5, 5.41) is 7.84. The van der Waals surface area contributed by atoms with E-state index in [0.717, 1.165) is 11.1 Å². The molecule has 7 heteroatoms. The molecule has 0 aliphatic heterocycles. The van der Waals surface area contributed by atoms with Crippen LogP contribution in [0.25, 0.3) is 0 Å². The number of rotatable bonds is 6. The van der Waals surface area contributed by atoms with E-state index in [1.54, 1.807) is 48.7 Å². The Labute approximate surface area is 174 Å². The SMILES string of the molecule is Cc1cccc(CNC(=O)c2ccccc2NC(=O)C(=O)NCc2ccccn2)c1. The van der Waals surface area contributed by atoms with E-state index in [9.17, 15) is 14.4 Å². The first-order valence-electron chi connectivity index (χ1n) is 9.45. The van der Waals surface area contributed by atoms with E-state index < -0.39 is 11.8 Å². The molecule has 3 amide bonds. The van der Waals surface area contributed by atoms with Crippen molar-refractivity contribution >= 4 is 23.4 Å². The van der Waals surface area contributed by atoms with Crippen LogP contribution in [0.2, 0.25) is 0 Å². The maximum atomic E-state index is 12.6. The van der Waals surface area contributed by atoms with E-state index >= 15 is 0 Å². The number of amides is 3. The van der Waals surface area contributed by atoms with Gasteiger partial charge in [0.1, 0.15) is 0 Å². The Hall–Kier alpha value is -4.00. The summed E-state index contributed by atoms with van der Waals surface area (Å²) in [5.74, 6) is -2.01. The van der Waals surface area contributed by atoms with Crippen LogP contribution in [0, 0.1) is 6.92 Å². The van der Waals surface area contributed by atoms with Gasteiger partial charge in [-0.05, 0) is 36.8 Å². The lowest BCUT2D eigenvalue weighted by Crippen LogP contribution is -2.35. The molecule has 0 saturated carbocycles. The predicted octanol–water partition coefficient (Wildman–Crippen LogP) is 2.57. The van der Waals surface area contributed by atoms with E-state index in [1.807, 2.05) is 31.2 Å². The molecule has 3 aromatic rings. The predicted molar refractivity (Wildman–Crippen MR) is 114 cm³/mol. The summed E-state index contributed by atoms with van der Waals surface area (Å²) < 4.78 is 0. The summed E-state index contributed by atoms with van der Waals surface area (Å²) in [7, 11) is 0. The number of hydrogen-bond acceptors (Lipinski definition) is 4. The van der Waals surface area contributed by atoms with Crippen molar-refractivity contribution in [2.45, 2.75) is 20.0 Å². The molecular weight excluding hydrogens is 380 g/mol. The number of nitrogens with zero attached hydrogens (tertiary/aromatic N) is 1. The van der Waals surface area contributed by atoms with Crippen LogP contribution in [0.5, 0.6) is 0 Å². The normalized spacial score (nSPS) is 10.2. The Balaban J connectivity index is 1.60. The highest BCUT2D eigenvalue weighted by Gasteiger charge is 2.17. The average molecular weight is 402 g/mol. The van der Waals surface area contributed by atoms with Gasteiger partial charge in [0.15, 0.2) is 0 Å². The van der Waals surface area contributed by atoms with Crippen LogP contribution in [0.1, 0.15) is 27.2 Å². The second-order valence-corrected chi connectivity index (χ2v) is 6.68. The summed E-state index contributed by atoms with van der Waals surface area (Å²) in [6.07, 6.45) is 1.60. The Morgan fingerprint density at radius 3 is 2.40 bits per heavy atom. The number of pyridine rings is 1. The highest BCUT2D eigenvalue weighted by molar-refractivity contribution is 6.40. The molecule has 0 fully saturated rings. The van der Waals surface area contributed by atoms with Crippen molar-refractivity contribution < 1.29 is 14.4 Å². The lowest BCUT2D eigenvalue weighted by atomic mass is 10.1. The molecule has 2 aromatic carbocycles. The molecule has 0 unspecified atom stereocenters. The smallest absolute Gasteiger partial charge is 0.313 e. The minimum absolute atomic E-state index is 0.131. The van der Waals surface area contributed by atoms with Crippen LogP contribution in [0.4, 0.5) is 5.69 Å². The van der Waals surface area contributed by atoms with Crippen LogP contribution in [0.15, 0.2) is 72.9 Å². The summed E-state index contributed by atoms with van der Waals surface area (Å²) in [4.78, 5) is 41.0. The molecule has 3 N–H and O–H groups in total. The Morgan fingerprint density at radius 2 is 1.63 bits per heavy atom. The topological polar surface area (TPSA) is 100 Å². The number of aromatic nitrogens is 1. The van der Waals surface area contributed by atoms with Gasteiger partial charge in [0.05, 0.1) is 23.5 Å². The fourth-order valence-electron chi connectivity index (χ4n) is 2.82. The third kappa shape index (κ3) is 5.75. The van der Waals surface area contributed by atoms with Crippen molar-refractivity contribution in [3.63, 3.8) is 0 Å². The van der Waals surface area contributed by atoms with Crippen molar-refractivity contribution in [2.24, 2.45) is 0 Å². The molecule has 0 bridgehead atoms. The first kappa shape index (κ1) is 20.7. The molecule has 7 nitrogen and oxygen atoms in total. The van der Waals surface area contributed by atoms with E-state index in [-0.39, 0.29) is 23.7 Å². The van der Waals surface area contributed by atoms with Crippen molar-refractivity contribution in [1.29, 1.82) is 0 Å². The fraction of sp³-hybridized carbons (Fsp3) is 0.130. The molecular formula is C23H22N4O3. The highest BCUT2D eigenvalue weighted by Crippen LogP contribution is 2.15. The van der Waals surface area contributed by atoms with Crippen molar-refractivity contribution in [3.05, 3.63) is 95.3 Å². The van der Waals surface area contributed by atoms with Gasteiger partial charge in [-0.3, -0.25) is 19.4 Å². The number of anilines is 1. The number of nitrogens with one attached hydrogen (secondary N) is 3. The second kappa shape index (κ2) is 9.97. The summed E-state index contributed by atoms with van der Waals surface area (Å²) in [6, 6.07) is 19.7. The molecule has 0 spiro atoms. The van der Waals surface area contributed by atoms with Crippen LogP contribution < -0.4 is 16.0 Å². The standard InChI is InChI=1S/C23H22N4O3/c1-16-7-6-8-17(13-16)14-25-21(28)19-10-2-3-11-20(19)27-23(30)22(29)26-15-18-9-4-5-12-24-18/h2-13H,14-15H2,1H3,(H,25,28)(H,26,29)(H,27,30). The molecule has 0 aliphatic rings. The third-order valence-electron chi connectivity index (χ3n) is 4.32. The molecule has 152 valence electrons. The molecule has 0 radical (unpaired) electrons. The van der Waals surface area contributed by atoms with E-state index in [4.69, 9.17) is 0 Å². The zero-order chi connectivity index (χ0) is 21.3. The molecule has 0 atom stereocenters. The van der Waals surface area contributed by atoms with Gasteiger partial charge in [-0.25, -0.2) is 0 Å². The molecule has 1 heterocycles. The first-order chi connectivity index (χ1) is 14.5. The Bertz CT molecular complexity index is 1050. The summed E-state index contributed by atoms with van der Waals surface area (Å²) in [5.41, 5.74) is 3.24. The van der Waals surface area contributed by atoms with Gasteiger partial charge >= 0.3 is 11.8 Å². The van der Waals surface area contributed by atoms with Gasteiger partial charge in [-0.15, -0.1) is 0 Å².